The minimum atomic E-state index is -0.303. The molecule has 0 unspecified atom stereocenters. The number of benzene rings is 2. The minimum absolute atomic E-state index is 0.225. The predicted octanol–water partition coefficient (Wildman–Crippen LogP) is 2.74. The van der Waals surface area contributed by atoms with Gasteiger partial charge in [0.15, 0.2) is 0 Å². The van der Waals surface area contributed by atoms with Crippen LogP contribution in [0.4, 0.5) is 0 Å². The van der Waals surface area contributed by atoms with Crippen LogP contribution in [0.2, 0.25) is 5.02 Å². The van der Waals surface area contributed by atoms with Crippen molar-refractivity contribution in [2.75, 3.05) is 13.7 Å². The normalized spacial score (nSPS) is 10.3. The molecule has 132 valence electrons. The monoisotopic (exact) mass is 360 g/mol. The lowest BCUT2D eigenvalue weighted by Gasteiger charge is -2.10. The van der Waals surface area contributed by atoms with Gasteiger partial charge in [0.25, 0.3) is 5.91 Å². The molecule has 0 atom stereocenters. The highest BCUT2D eigenvalue weighted by Crippen LogP contribution is 2.22. The fourth-order valence-corrected chi connectivity index (χ4v) is 2.59. The molecule has 0 fully saturated rings. The Morgan fingerprint density at radius 3 is 2.32 bits per heavy atom. The van der Waals surface area contributed by atoms with Crippen molar-refractivity contribution in [2.24, 2.45) is 5.73 Å². The zero-order valence-electron chi connectivity index (χ0n) is 14.0. The molecule has 0 bridgehead atoms. The largest absolute Gasteiger partial charge is 0.496 e. The van der Waals surface area contributed by atoms with Gasteiger partial charge in [-0.2, -0.15) is 0 Å². The van der Waals surface area contributed by atoms with E-state index < -0.39 is 0 Å². The van der Waals surface area contributed by atoms with Crippen LogP contribution in [-0.4, -0.2) is 25.5 Å². The summed E-state index contributed by atoms with van der Waals surface area (Å²) in [6, 6.07) is 12.9. The third-order valence-electron chi connectivity index (χ3n) is 3.79. The lowest BCUT2D eigenvalue weighted by molar-refractivity contribution is -0.117. The topological polar surface area (TPSA) is 81.4 Å². The molecular formula is C19H21ClN2O3. The van der Waals surface area contributed by atoms with E-state index in [1.165, 1.54) is 7.11 Å². The Balaban J connectivity index is 1.87. The fraction of sp³-hybridized carbons (Fsp3) is 0.263. The number of hydrogen-bond donors (Lipinski definition) is 2. The van der Waals surface area contributed by atoms with Gasteiger partial charge in [0, 0.05) is 18.0 Å². The van der Waals surface area contributed by atoms with E-state index in [1.807, 2.05) is 24.3 Å². The molecule has 0 aromatic heterocycles. The molecule has 0 aliphatic heterocycles. The summed E-state index contributed by atoms with van der Waals surface area (Å²) in [5.74, 6) is -0.0404. The molecular weight excluding hydrogens is 340 g/mol. The maximum atomic E-state index is 12.3. The number of carbonyl (C=O) groups excluding carboxylic acids is 2. The molecule has 6 heteroatoms. The van der Waals surface area contributed by atoms with Crippen molar-refractivity contribution in [1.82, 2.24) is 5.32 Å². The number of primary amides is 1. The fourth-order valence-electron chi connectivity index (χ4n) is 2.41. The number of nitrogens with one attached hydrogen (secondary N) is 1. The summed E-state index contributed by atoms with van der Waals surface area (Å²) in [5.41, 5.74) is 7.72. The smallest absolute Gasteiger partial charge is 0.255 e. The third kappa shape index (κ3) is 5.80. The number of rotatable bonds is 8. The van der Waals surface area contributed by atoms with Crippen molar-refractivity contribution >= 4 is 23.4 Å². The maximum absolute atomic E-state index is 12.3. The molecule has 2 aromatic carbocycles. The average molecular weight is 361 g/mol. The van der Waals surface area contributed by atoms with Crippen molar-refractivity contribution in [2.45, 2.75) is 19.3 Å². The average Bonchev–Trinajstić information content (AvgIpc) is 2.60. The second kappa shape index (κ2) is 9.08. The molecule has 5 nitrogen and oxygen atoms in total. The summed E-state index contributed by atoms with van der Waals surface area (Å²) in [7, 11) is 1.51. The number of halogens is 1. The lowest BCUT2D eigenvalue weighted by atomic mass is 10.1. The Morgan fingerprint density at radius 2 is 1.72 bits per heavy atom. The number of methoxy groups -OCH3 is 1. The van der Waals surface area contributed by atoms with Gasteiger partial charge in [-0.1, -0.05) is 35.9 Å². The van der Waals surface area contributed by atoms with E-state index in [9.17, 15) is 9.59 Å². The summed E-state index contributed by atoms with van der Waals surface area (Å²) >= 11 is 5.94. The van der Waals surface area contributed by atoms with Gasteiger partial charge in [-0.15, -0.1) is 0 Å². The van der Waals surface area contributed by atoms with E-state index in [-0.39, 0.29) is 11.8 Å². The first-order valence-electron chi connectivity index (χ1n) is 7.97. The summed E-state index contributed by atoms with van der Waals surface area (Å²) in [4.78, 5) is 23.1. The first kappa shape index (κ1) is 18.8. The highest BCUT2D eigenvalue weighted by molar-refractivity contribution is 6.31. The second-order valence-corrected chi connectivity index (χ2v) is 6.07. The SMILES string of the molecule is COc1ccc(Cl)cc1C(=O)NCCc1ccc(CCC(N)=O)cc1. The number of carbonyl (C=O) groups is 2. The van der Waals surface area contributed by atoms with Crippen molar-refractivity contribution in [3.63, 3.8) is 0 Å². The molecule has 2 aromatic rings. The van der Waals surface area contributed by atoms with Crippen LogP contribution in [0.25, 0.3) is 0 Å². The Bertz CT molecular complexity index is 745. The molecule has 2 amide bonds. The molecule has 25 heavy (non-hydrogen) atoms. The van der Waals surface area contributed by atoms with E-state index in [4.69, 9.17) is 22.1 Å². The summed E-state index contributed by atoms with van der Waals surface area (Å²) in [5, 5.41) is 3.35. The number of nitrogens with two attached hydrogens (primary N) is 1. The van der Waals surface area contributed by atoms with Gasteiger partial charge < -0.3 is 15.8 Å². The molecule has 0 aliphatic rings. The Hall–Kier alpha value is -2.53. The van der Waals surface area contributed by atoms with E-state index in [2.05, 4.69) is 5.32 Å². The van der Waals surface area contributed by atoms with Crippen LogP contribution in [0, 0.1) is 0 Å². The van der Waals surface area contributed by atoms with E-state index in [0.29, 0.717) is 42.1 Å². The zero-order valence-corrected chi connectivity index (χ0v) is 14.8. The van der Waals surface area contributed by atoms with Crippen LogP contribution >= 0.6 is 11.6 Å². The number of amides is 2. The standard InChI is InChI=1S/C19H21ClN2O3/c1-25-17-8-7-15(20)12-16(17)19(24)22-11-10-14-4-2-13(3-5-14)6-9-18(21)23/h2-5,7-8,12H,6,9-11H2,1H3,(H2,21,23)(H,22,24). The van der Waals surface area contributed by atoms with Crippen LogP contribution < -0.4 is 15.8 Å². The van der Waals surface area contributed by atoms with Gasteiger partial charge in [0.2, 0.25) is 5.91 Å². The summed E-state index contributed by atoms with van der Waals surface area (Å²) < 4.78 is 5.19. The van der Waals surface area contributed by atoms with Crippen molar-refractivity contribution in [3.8, 4) is 5.75 Å². The predicted molar refractivity (Wildman–Crippen MR) is 98.0 cm³/mol. The zero-order chi connectivity index (χ0) is 18.2. The van der Waals surface area contributed by atoms with Gasteiger partial charge in [-0.25, -0.2) is 0 Å². The van der Waals surface area contributed by atoms with Gasteiger partial charge in [-0.3, -0.25) is 9.59 Å². The third-order valence-corrected chi connectivity index (χ3v) is 4.02. The highest BCUT2D eigenvalue weighted by Gasteiger charge is 2.12. The molecule has 0 saturated carbocycles. The quantitative estimate of drug-likeness (QED) is 0.759. The van der Waals surface area contributed by atoms with Gasteiger partial charge in [0.05, 0.1) is 12.7 Å². The maximum Gasteiger partial charge on any atom is 0.255 e. The lowest BCUT2D eigenvalue weighted by Crippen LogP contribution is -2.26. The Labute approximate surface area is 152 Å². The number of ether oxygens (including phenoxy) is 1. The summed E-state index contributed by atoms with van der Waals surface area (Å²) in [6.07, 6.45) is 1.68. The minimum Gasteiger partial charge on any atom is -0.496 e. The number of hydrogen-bond acceptors (Lipinski definition) is 3. The van der Waals surface area contributed by atoms with Crippen molar-refractivity contribution in [1.29, 1.82) is 0 Å². The first-order valence-corrected chi connectivity index (χ1v) is 8.35. The molecule has 0 heterocycles. The van der Waals surface area contributed by atoms with E-state index in [0.717, 1.165) is 11.1 Å². The molecule has 2 rings (SSSR count). The van der Waals surface area contributed by atoms with Crippen LogP contribution in [0.3, 0.4) is 0 Å². The van der Waals surface area contributed by atoms with Gasteiger partial charge in [0.1, 0.15) is 5.75 Å². The molecule has 0 saturated heterocycles. The van der Waals surface area contributed by atoms with E-state index in [1.54, 1.807) is 18.2 Å². The summed E-state index contributed by atoms with van der Waals surface area (Å²) in [6.45, 7) is 0.495. The molecule has 0 spiro atoms. The second-order valence-electron chi connectivity index (χ2n) is 5.63. The molecule has 0 radical (unpaired) electrons. The van der Waals surface area contributed by atoms with Crippen LogP contribution in [0.15, 0.2) is 42.5 Å². The number of aryl methyl sites for hydroxylation is 1. The Kier molecular flexibility index (Phi) is 6.83. The van der Waals surface area contributed by atoms with Gasteiger partial charge >= 0.3 is 0 Å². The Morgan fingerprint density at radius 1 is 1.08 bits per heavy atom. The van der Waals surface area contributed by atoms with Gasteiger partial charge in [-0.05, 0) is 42.2 Å². The van der Waals surface area contributed by atoms with Crippen LogP contribution in [-0.2, 0) is 17.6 Å². The highest BCUT2D eigenvalue weighted by atomic mass is 35.5. The van der Waals surface area contributed by atoms with Crippen molar-refractivity contribution < 1.29 is 14.3 Å². The first-order chi connectivity index (χ1) is 12.0. The van der Waals surface area contributed by atoms with Crippen LogP contribution in [0.5, 0.6) is 5.75 Å². The van der Waals surface area contributed by atoms with E-state index >= 15 is 0 Å². The molecule has 3 N–H and O–H groups in total. The molecule has 0 aliphatic carbocycles. The van der Waals surface area contributed by atoms with Crippen LogP contribution in [0.1, 0.15) is 27.9 Å². The van der Waals surface area contributed by atoms with Crippen molar-refractivity contribution in [3.05, 3.63) is 64.2 Å².